The fourth-order valence-electron chi connectivity index (χ4n) is 3.07. The molecular formula is C20H21ClN8O. The third-order valence-electron chi connectivity index (χ3n) is 4.80. The van der Waals surface area contributed by atoms with E-state index in [1.807, 2.05) is 45.0 Å². The van der Waals surface area contributed by atoms with Crippen LogP contribution >= 0.6 is 11.6 Å². The van der Waals surface area contributed by atoms with Crippen molar-refractivity contribution >= 4 is 23.5 Å². The second-order valence-electron chi connectivity index (χ2n) is 7.01. The number of carbonyl (C=O) groups excluding carboxylic acids is 1. The van der Waals surface area contributed by atoms with Crippen LogP contribution < -0.4 is 5.32 Å². The molecule has 0 saturated carbocycles. The van der Waals surface area contributed by atoms with Gasteiger partial charge in [-0.1, -0.05) is 35.9 Å². The van der Waals surface area contributed by atoms with E-state index in [1.54, 1.807) is 32.6 Å². The average molecular weight is 425 g/mol. The highest BCUT2D eigenvalue weighted by atomic mass is 35.5. The van der Waals surface area contributed by atoms with Gasteiger partial charge in [-0.2, -0.15) is 10.2 Å². The number of aromatic nitrogens is 7. The van der Waals surface area contributed by atoms with Gasteiger partial charge >= 0.3 is 0 Å². The standard InChI is InChI=1S/C20H21ClN8O/c1-13-6-4-5-7-16(13)10-28-11-22-20(26-28)23-19(30)17-8-9-27(25-17)12-29-15(3)18(21)14(2)24-29/h4-9,11H,10,12H2,1-3H3,(H,23,26,30). The summed E-state index contributed by atoms with van der Waals surface area (Å²) in [4.78, 5) is 16.7. The maximum atomic E-state index is 12.5. The highest BCUT2D eigenvalue weighted by Crippen LogP contribution is 2.18. The van der Waals surface area contributed by atoms with Crippen LogP contribution in [0, 0.1) is 20.8 Å². The molecule has 0 unspecified atom stereocenters. The minimum atomic E-state index is -0.381. The SMILES string of the molecule is Cc1ccccc1Cn1cnc(NC(=O)c2ccn(Cn3nc(C)c(Cl)c3C)n2)n1. The molecule has 0 fully saturated rings. The zero-order valence-corrected chi connectivity index (χ0v) is 17.6. The van der Waals surface area contributed by atoms with E-state index < -0.39 is 0 Å². The van der Waals surface area contributed by atoms with Crippen molar-refractivity contribution in [3.05, 3.63) is 76.1 Å². The Morgan fingerprint density at radius 1 is 1.07 bits per heavy atom. The van der Waals surface area contributed by atoms with Crippen LogP contribution in [-0.4, -0.2) is 40.2 Å². The quantitative estimate of drug-likeness (QED) is 0.513. The number of anilines is 1. The fraction of sp³-hybridized carbons (Fsp3) is 0.250. The molecule has 1 N–H and O–H groups in total. The van der Waals surface area contributed by atoms with Gasteiger partial charge in [-0.25, -0.2) is 14.3 Å². The Kier molecular flexibility index (Phi) is 5.37. The first-order valence-corrected chi connectivity index (χ1v) is 9.77. The van der Waals surface area contributed by atoms with E-state index in [9.17, 15) is 4.79 Å². The summed E-state index contributed by atoms with van der Waals surface area (Å²) in [5.74, 6) is -0.151. The van der Waals surface area contributed by atoms with Gasteiger partial charge < -0.3 is 0 Å². The predicted molar refractivity (Wildman–Crippen MR) is 113 cm³/mol. The van der Waals surface area contributed by atoms with E-state index in [4.69, 9.17) is 11.6 Å². The summed E-state index contributed by atoms with van der Waals surface area (Å²) in [7, 11) is 0. The predicted octanol–water partition coefficient (Wildman–Crippen LogP) is 3.06. The van der Waals surface area contributed by atoms with E-state index in [-0.39, 0.29) is 17.5 Å². The van der Waals surface area contributed by atoms with Crippen LogP contribution in [0.4, 0.5) is 5.95 Å². The summed E-state index contributed by atoms with van der Waals surface area (Å²) in [6.07, 6.45) is 3.30. The summed E-state index contributed by atoms with van der Waals surface area (Å²) >= 11 is 6.18. The summed E-state index contributed by atoms with van der Waals surface area (Å²) in [6, 6.07) is 9.70. The number of halogens is 1. The normalized spacial score (nSPS) is 11.1. The van der Waals surface area contributed by atoms with Crippen molar-refractivity contribution in [3.8, 4) is 0 Å². The van der Waals surface area contributed by atoms with Crippen molar-refractivity contribution < 1.29 is 4.79 Å². The van der Waals surface area contributed by atoms with Crippen LogP contribution in [0.25, 0.3) is 0 Å². The van der Waals surface area contributed by atoms with Crippen molar-refractivity contribution in [2.75, 3.05) is 5.32 Å². The molecule has 0 aliphatic carbocycles. The summed E-state index contributed by atoms with van der Waals surface area (Å²) in [5.41, 5.74) is 4.18. The van der Waals surface area contributed by atoms with Gasteiger partial charge in [-0.15, -0.1) is 5.10 Å². The van der Waals surface area contributed by atoms with Gasteiger partial charge in [0.05, 0.1) is 23.0 Å². The third kappa shape index (κ3) is 4.11. The number of aryl methyl sites for hydroxylation is 2. The molecule has 154 valence electrons. The molecule has 3 aromatic heterocycles. The number of rotatable bonds is 6. The molecule has 4 aromatic rings. The second kappa shape index (κ2) is 8.11. The largest absolute Gasteiger partial charge is 0.288 e. The molecule has 0 aliphatic rings. The van der Waals surface area contributed by atoms with Crippen LogP contribution in [0.5, 0.6) is 0 Å². The maximum Gasteiger partial charge on any atom is 0.278 e. The highest BCUT2D eigenvalue weighted by molar-refractivity contribution is 6.31. The Morgan fingerprint density at radius 2 is 1.87 bits per heavy atom. The lowest BCUT2D eigenvalue weighted by atomic mass is 10.1. The Morgan fingerprint density at radius 3 is 2.60 bits per heavy atom. The molecular weight excluding hydrogens is 404 g/mol. The van der Waals surface area contributed by atoms with Crippen LogP contribution in [0.1, 0.15) is 33.0 Å². The molecule has 1 amide bonds. The van der Waals surface area contributed by atoms with Crippen molar-refractivity contribution in [2.45, 2.75) is 34.0 Å². The minimum absolute atomic E-state index is 0.230. The Hall–Kier alpha value is -3.46. The van der Waals surface area contributed by atoms with Gasteiger partial charge in [-0.3, -0.25) is 14.8 Å². The number of hydrogen-bond donors (Lipinski definition) is 1. The number of hydrogen-bond acceptors (Lipinski definition) is 5. The van der Waals surface area contributed by atoms with E-state index in [0.717, 1.165) is 17.0 Å². The molecule has 0 saturated heterocycles. The maximum absolute atomic E-state index is 12.5. The number of carbonyl (C=O) groups is 1. The van der Waals surface area contributed by atoms with Gasteiger partial charge in [0.1, 0.15) is 13.0 Å². The zero-order valence-electron chi connectivity index (χ0n) is 16.9. The molecule has 30 heavy (non-hydrogen) atoms. The first-order valence-electron chi connectivity index (χ1n) is 9.39. The average Bonchev–Trinajstić information content (AvgIpc) is 3.42. The number of benzene rings is 1. The molecule has 1 aromatic carbocycles. The van der Waals surface area contributed by atoms with Gasteiger partial charge in [0.25, 0.3) is 5.91 Å². The molecule has 0 bridgehead atoms. The Balaban J connectivity index is 1.41. The van der Waals surface area contributed by atoms with Gasteiger partial charge in [0, 0.05) is 6.20 Å². The molecule has 9 nitrogen and oxygen atoms in total. The molecule has 0 aliphatic heterocycles. The second-order valence-corrected chi connectivity index (χ2v) is 7.39. The lowest BCUT2D eigenvalue weighted by molar-refractivity contribution is 0.102. The summed E-state index contributed by atoms with van der Waals surface area (Å²) < 4.78 is 5.04. The topological polar surface area (TPSA) is 95.5 Å². The number of nitrogens with zero attached hydrogens (tertiary/aromatic N) is 7. The monoisotopic (exact) mass is 424 g/mol. The van der Waals surface area contributed by atoms with Crippen LogP contribution in [0.2, 0.25) is 5.02 Å². The minimum Gasteiger partial charge on any atom is -0.288 e. The fourth-order valence-corrected chi connectivity index (χ4v) is 3.20. The Labute approximate surface area is 178 Å². The molecule has 0 spiro atoms. The third-order valence-corrected chi connectivity index (χ3v) is 5.35. The molecule has 3 heterocycles. The first kappa shape index (κ1) is 19.8. The molecule has 10 heteroatoms. The van der Waals surface area contributed by atoms with E-state index in [1.165, 1.54) is 5.56 Å². The van der Waals surface area contributed by atoms with Crippen LogP contribution in [0.15, 0.2) is 42.9 Å². The molecule has 0 atom stereocenters. The number of nitrogens with one attached hydrogen (secondary N) is 1. The summed E-state index contributed by atoms with van der Waals surface area (Å²) in [5, 5.41) is 16.3. The lowest BCUT2D eigenvalue weighted by Crippen LogP contribution is -2.16. The zero-order chi connectivity index (χ0) is 21.3. The van der Waals surface area contributed by atoms with Crippen molar-refractivity contribution in [3.63, 3.8) is 0 Å². The van der Waals surface area contributed by atoms with Crippen LogP contribution in [-0.2, 0) is 13.2 Å². The first-order chi connectivity index (χ1) is 14.4. The van der Waals surface area contributed by atoms with Crippen LogP contribution in [0.3, 0.4) is 0 Å². The van der Waals surface area contributed by atoms with E-state index in [2.05, 4.69) is 25.6 Å². The van der Waals surface area contributed by atoms with Gasteiger partial charge in [0.2, 0.25) is 5.95 Å². The summed E-state index contributed by atoms with van der Waals surface area (Å²) in [6.45, 7) is 6.72. The lowest BCUT2D eigenvalue weighted by Gasteiger charge is -2.05. The smallest absolute Gasteiger partial charge is 0.278 e. The van der Waals surface area contributed by atoms with Crippen molar-refractivity contribution in [1.29, 1.82) is 0 Å². The van der Waals surface area contributed by atoms with Crippen molar-refractivity contribution in [1.82, 2.24) is 34.3 Å². The molecule has 0 radical (unpaired) electrons. The van der Waals surface area contributed by atoms with Gasteiger partial charge in [-0.05, 0) is 38.0 Å². The van der Waals surface area contributed by atoms with E-state index in [0.29, 0.717) is 18.2 Å². The van der Waals surface area contributed by atoms with Crippen molar-refractivity contribution in [2.24, 2.45) is 0 Å². The van der Waals surface area contributed by atoms with E-state index >= 15 is 0 Å². The molecule has 4 rings (SSSR count). The highest BCUT2D eigenvalue weighted by Gasteiger charge is 2.14. The number of amides is 1. The van der Waals surface area contributed by atoms with Gasteiger partial charge in [0.15, 0.2) is 5.69 Å². The Bertz CT molecular complexity index is 1210.